The van der Waals surface area contributed by atoms with Gasteiger partial charge in [0.1, 0.15) is 11.6 Å². The van der Waals surface area contributed by atoms with Gasteiger partial charge in [-0.3, -0.25) is 4.79 Å². The number of nitrogens with zero attached hydrogens (tertiary/aromatic N) is 2. The molecule has 0 unspecified atom stereocenters. The van der Waals surface area contributed by atoms with Crippen LogP contribution < -0.4 is 10.1 Å². The number of anilines is 1. The first kappa shape index (κ1) is 18.2. The molecular weight excluding hydrogens is 381 g/mol. The van der Waals surface area contributed by atoms with Crippen LogP contribution >= 0.6 is 23.4 Å². The summed E-state index contributed by atoms with van der Waals surface area (Å²) in [5.41, 5.74) is 1.05. The number of rotatable bonds is 6. The Morgan fingerprint density at radius 2 is 2.15 bits per heavy atom. The third-order valence-corrected chi connectivity index (χ3v) is 4.39. The van der Waals surface area contributed by atoms with Crippen molar-refractivity contribution in [2.24, 2.45) is 0 Å². The molecule has 1 aromatic heterocycles. The highest BCUT2D eigenvalue weighted by Gasteiger charge is 2.13. The van der Waals surface area contributed by atoms with Crippen LogP contribution in [-0.4, -0.2) is 29.0 Å². The summed E-state index contributed by atoms with van der Waals surface area (Å²) in [6.45, 7) is 0. The molecular formula is C17H13ClFN3O3S. The Kier molecular flexibility index (Phi) is 5.75. The third kappa shape index (κ3) is 4.53. The lowest BCUT2D eigenvalue weighted by molar-refractivity contribution is -0.113. The molecule has 0 aliphatic heterocycles. The molecule has 0 aliphatic carbocycles. The van der Waals surface area contributed by atoms with Gasteiger partial charge in [-0.1, -0.05) is 29.4 Å². The van der Waals surface area contributed by atoms with Crippen molar-refractivity contribution < 1.29 is 18.3 Å². The molecule has 0 spiro atoms. The van der Waals surface area contributed by atoms with Crippen molar-refractivity contribution in [3.8, 4) is 17.2 Å². The van der Waals surface area contributed by atoms with Crippen LogP contribution in [0.2, 0.25) is 5.02 Å². The van der Waals surface area contributed by atoms with Crippen molar-refractivity contribution in [3.05, 3.63) is 53.3 Å². The van der Waals surface area contributed by atoms with Gasteiger partial charge in [0.05, 0.1) is 23.6 Å². The number of hydrogen-bond donors (Lipinski definition) is 1. The second-order valence-corrected chi connectivity index (χ2v) is 6.40. The van der Waals surface area contributed by atoms with Gasteiger partial charge in [-0.05, 0) is 36.4 Å². The van der Waals surface area contributed by atoms with Crippen LogP contribution in [0.15, 0.2) is 52.1 Å². The highest BCUT2D eigenvalue weighted by atomic mass is 35.5. The van der Waals surface area contributed by atoms with E-state index in [1.165, 1.54) is 12.1 Å². The van der Waals surface area contributed by atoms with Crippen LogP contribution in [0.5, 0.6) is 5.75 Å². The number of methoxy groups -OCH3 is 1. The summed E-state index contributed by atoms with van der Waals surface area (Å²) in [5.74, 6) is 0.231. The highest BCUT2D eigenvalue weighted by molar-refractivity contribution is 7.99. The van der Waals surface area contributed by atoms with Gasteiger partial charge in [-0.2, -0.15) is 0 Å². The zero-order valence-electron chi connectivity index (χ0n) is 13.5. The van der Waals surface area contributed by atoms with Crippen molar-refractivity contribution >= 4 is 35.0 Å². The van der Waals surface area contributed by atoms with Crippen molar-refractivity contribution in [2.45, 2.75) is 5.22 Å². The van der Waals surface area contributed by atoms with Gasteiger partial charge in [-0.15, -0.1) is 10.2 Å². The Morgan fingerprint density at radius 3 is 2.92 bits per heavy atom. The number of amides is 1. The monoisotopic (exact) mass is 393 g/mol. The lowest BCUT2D eigenvalue weighted by atomic mass is 10.2. The maximum absolute atomic E-state index is 13.0. The first-order chi connectivity index (χ1) is 12.5. The molecule has 1 amide bonds. The second kappa shape index (κ2) is 8.20. The number of ether oxygens (including phenoxy) is 1. The van der Waals surface area contributed by atoms with Crippen molar-refractivity contribution in [1.29, 1.82) is 0 Å². The molecule has 0 bridgehead atoms. The van der Waals surface area contributed by atoms with Crippen LogP contribution in [0, 0.1) is 5.82 Å². The largest absolute Gasteiger partial charge is 0.497 e. The van der Waals surface area contributed by atoms with E-state index in [1.54, 1.807) is 19.2 Å². The lowest BCUT2D eigenvalue weighted by Gasteiger charge is -2.06. The zero-order valence-corrected chi connectivity index (χ0v) is 15.1. The molecule has 2 aromatic carbocycles. The number of nitrogens with one attached hydrogen (secondary N) is 1. The Bertz CT molecular complexity index is 935. The summed E-state index contributed by atoms with van der Waals surface area (Å²) in [4.78, 5) is 12.0. The molecule has 3 aromatic rings. The fourth-order valence-electron chi connectivity index (χ4n) is 2.05. The predicted molar refractivity (Wildman–Crippen MR) is 97.0 cm³/mol. The fourth-order valence-corrected chi connectivity index (χ4v) is 2.82. The third-order valence-electron chi connectivity index (χ3n) is 3.26. The van der Waals surface area contributed by atoms with Crippen LogP contribution in [-0.2, 0) is 4.79 Å². The smallest absolute Gasteiger partial charge is 0.277 e. The molecule has 3 rings (SSSR count). The normalized spacial score (nSPS) is 10.6. The maximum Gasteiger partial charge on any atom is 0.277 e. The van der Waals surface area contributed by atoms with Gasteiger partial charge in [-0.25, -0.2) is 4.39 Å². The summed E-state index contributed by atoms with van der Waals surface area (Å²) in [6.07, 6.45) is 0. The molecule has 1 heterocycles. The lowest BCUT2D eigenvalue weighted by Crippen LogP contribution is -2.14. The molecule has 9 heteroatoms. The van der Waals surface area contributed by atoms with Gasteiger partial charge in [0.2, 0.25) is 11.8 Å². The van der Waals surface area contributed by atoms with E-state index in [9.17, 15) is 9.18 Å². The van der Waals surface area contributed by atoms with E-state index in [1.807, 2.05) is 12.1 Å². The number of aromatic nitrogens is 2. The Hall–Kier alpha value is -2.58. The summed E-state index contributed by atoms with van der Waals surface area (Å²) >= 11 is 6.96. The number of hydrogen-bond acceptors (Lipinski definition) is 6. The van der Waals surface area contributed by atoms with E-state index in [4.69, 9.17) is 20.8 Å². The number of benzene rings is 2. The predicted octanol–water partition coefficient (Wildman–Crippen LogP) is 4.27. The number of carbonyl (C=O) groups excluding carboxylic acids is 1. The van der Waals surface area contributed by atoms with E-state index in [-0.39, 0.29) is 21.9 Å². The van der Waals surface area contributed by atoms with Crippen molar-refractivity contribution in [3.63, 3.8) is 0 Å². The minimum Gasteiger partial charge on any atom is -0.497 e. The average Bonchev–Trinajstić information content (AvgIpc) is 3.11. The van der Waals surface area contributed by atoms with Gasteiger partial charge in [0, 0.05) is 5.56 Å². The van der Waals surface area contributed by atoms with Gasteiger partial charge >= 0.3 is 0 Å². The minimum atomic E-state index is -0.474. The Morgan fingerprint density at radius 1 is 1.31 bits per heavy atom. The van der Waals surface area contributed by atoms with E-state index < -0.39 is 5.82 Å². The van der Waals surface area contributed by atoms with E-state index >= 15 is 0 Å². The van der Waals surface area contributed by atoms with Crippen LogP contribution in [0.1, 0.15) is 0 Å². The molecule has 0 saturated carbocycles. The molecule has 0 saturated heterocycles. The van der Waals surface area contributed by atoms with Crippen molar-refractivity contribution in [2.75, 3.05) is 18.2 Å². The maximum atomic E-state index is 13.0. The standard InChI is InChI=1S/C17H13ClFN3O3S/c1-24-12-4-2-3-10(7-12)16-21-22-17(25-16)26-9-15(23)20-14-6-5-11(19)8-13(14)18/h2-8H,9H2,1H3,(H,20,23). The number of thioether (sulfide) groups is 1. The summed E-state index contributed by atoms with van der Waals surface area (Å²) in [5, 5.41) is 10.8. The van der Waals surface area contributed by atoms with Crippen LogP contribution in [0.25, 0.3) is 11.5 Å². The quantitative estimate of drug-likeness (QED) is 0.630. The number of halogens is 2. The molecule has 0 atom stereocenters. The first-order valence-electron chi connectivity index (χ1n) is 7.41. The molecule has 1 N–H and O–H groups in total. The first-order valence-corrected chi connectivity index (χ1v) is 8.77. The fraction of sp³-hybridized carbons (Fsp3) is 0.118. The molecule has 0 aliphatic rings. The number of carbonyl (C=O) groups is 1. The van der Waals surface area contributed by atoms with Gasteiger partial charge in [0.15, 0.2) is 0 Å². The molecule has 26 heavy (non-hydrogen) atoms. The van der Waals surface area contributed by atoms with E-state index in [0.717, 1.165) is 17.8 Å². The molecule has 0 radical (unpaired) electrons. The second-order valence-electron chi connectivity index (χ2n) is 5.07. The summed E-state index contributed by atoms with van der Waals surface area (Å²) in [6, 6.07) is 10.9. The molecule has 6 nitrogen and oxygen atoms in total. The highest BCUT2D eigenvalue weighted by Crippen LogP contribution is 2.26. The van der Waals surface area contributed by atoms with Gasteiger partial charge < -0.3 is 14.5 Å². The van der Waals surface area contributed by atoms with Crippen molar-refractivity contribution in [1.82, 2.24) is 10.2 Å². The van der Waals surface area contributed by atoms with Gasteiger partial charge in [0.25, 0.3) is 5.22 Å². The Labute approximate surface area is 157 Å². The van der Waals surface area contributed by atoms with E-state index in [2.05, 4.69) is 15.5 Å². The SMILES string of the molecule is COc1cccc(-c2nnc(SCC(=O)Nc3ccc(F)cc3Cl)o2)c1. The van der Waals surface area contributed by atoms with Crippen LogP contribution in [0.3, 0.4) is 0 Å². The summed E-state index contributed by atoms with van der Waals surface area (Å²) < 4.78 is 23.7. The zero-order chi connectivity index (χ0) is 18.5. The topological polar surface area (TPSA) is 77.2 Å². The minimum absolute atomic E-state index is 0.0352. The van der Waals surface area contributed by atoms with Crippen LogP contribution in [0.4, 0.5) is 10.1 Å². The van der Waals surface area contributed by atoms with E-state index in [0.29, 0.717) is 22.9 Å². The Balaban J connectivity index is 1.60. The molecule has 134 valence electrons. The molecule has 0 fully saturated rings. The average molecular weight is 394 g/mol. The summed E-state index contributed by atoms with van der Waals surface area (Å²) in [7, 11) is 1.57.